The second-order valence-corrected chi connectivity index (χ2v) is 5.82. The van der Waals surface area contributed by atoms with Gasteiger partial charge >= 0.3 is 0 Å². The molecule has 4 aromatic rings. The lowest BCUT2D eigenvalue weighted by Gasteiger charge is -2.05. The highest BCUT2D eigenvalue weighted by atomic mass is 19.1. The predicted molar refractivity (Wildman–Crippen MR) is 93.8 cm³/mol. The molecule has 1 radical (unpaired) electrons. The molecular weight excluding hydrogens is 357 g/mol. The summed E-state index contributed by atoms with van der Waals surface area (Å²) in [5.41, 5.74) is 11.6. The first-order valence-electron chi connectivity index (χ1n) is 7.84. The predicted octanol–water partition coefficient (Wildman–Crippen LogP) is 2.92. The molecule has 0 aliphatic carbocycles. The Kier molecular flexibility index (Phi) is 3.91. The van der Waals surface area contributed by atoms with Gasteiger partial charge in [-0.1, -0.05) is 18.2 Å². The molecular formula is C18H12F3N6. The summed E-state index contributed by atoms with van der Waals surface area (Å²) in [5.74, 6) is -2.19. The van der Waals surface area contributed by atoms with E-state index in [1.54, 1.807) is 18.2 Å². The zero-order valence-electron chi connectivity index (χ0n) is 13.7. The number of nitrogens with zero attached hydrogens (tertiary/aromatic N) is 4. The van der Waals surface area contributed by atoms with Crippen molar-refractivity contribution in [3.8, 4) is 11.5 Å². The van der Waals surface area contributed by atoms with Crippen molar-refractivity contribution in [3.05, 3.63) is 65.5 Å². The summed E-state index contributed by atoms with van der Waals surface area (Å²) >= 11 is 0. The van der Waals surface area contributed by atoms with Crippen molar-refractivity contribution in [2.45, 2.75) is 6.54 Å². The smallest absolute Gasteiger partial charge is 0.184 e. The first-order chi connectivity index (χ1) is 12.9. The van der Waals surface area contributed by atoms with E-state index in [-0.39, 0.29) is 40.6 Å². The molecule has 2 aromatic carbocycles. The van der Waals surface area contributed by atoms with Gasteiger partial charge in [-0.15, -0.1) is 0 Å². The Labute approximate surface area is 151 Å². The SMILES string of the molecule is Nc1[c]c(N)nc(-c2nn(Cc3ccccc3F)c3c(F)cc(F)cc23)n1. The molecule has 0 bridgehead atoms. The van der Waals surface area contributed by atoms with Crippen LogP contribution in [0.25, 0.3) is 22.4 Å². The van der Waals surface area contributed by atoms with Gasteiger partial charge in [0.2, 0.25) is 0 Å². The standard InChI is InChI=1S/C18H12F3N6/c19-10-5-11-16(18-24-14(22)7-15(23)25-18)26-27(17(11)13(21)6-10)8-9-3-1-2-4-12(9)20/h1-6H,8H2,(H4,22,23,24,25). The van der Waals surface area contributed by atoms with Gasteiger partial charge in [-0.2, -0.15) is 5.10 Å². The van der Waals surface area contributed by atoms with Gasteiger partial charge in [0.15, 0.2) is 11.6 Å². The van der Waals surface area contributed by atoms with E-state index in [1.165, 1.54) is 10.7 Å². The molecule has 9 heteroatoms. The van der Waals surface area contributed by atoms with Gasteiger partial charge in [-0.25, -0.2) is 23.1 Å². The molecule has 0 aliphatic heterocycles. The highest BCUT2D eigenvalue weighted by molar-refractivity contribution is 5.92. The second kappa shape index (κ2) is 6.27. The third-order valence-corrected chi connectivity index (χ3v) is 3.96. The number of fused-ring (bicyclic) bond motifs is 1. The summed E-state index contributed by atoms with van der Waals surface area (Å²) < 4.78 is 43.6. The van der Waals surface area contributed by atoms with Crippen LogP contribution in [0.1, 0.15) is 5.56 Å². The van der Waals surface area contributed by atoms with E-state index in [0.29, 0.717) is 5.56 Å². The third kappa shape index (κ3) is 3.03. The zero-order chi connectivity index (χ0) is 19.1. The summed E-state index contributed by atoms with van der Waals surface area (Å²) in [6.07, 6.45) is 0. The molecule has 0 amide bonds. The van der Waals surface area contributed by atoms with E-state index in [2.05, 4.69) is 21.1 Å². The lowest BCUT2D eigenvalue weighted by atomic mass is 10.1. The van der Waals surface area contributed by atoms with Crippen molar-refractivity contribution in [1.82, 2.24) is 19.7 Å². The number of aromatic nitrogens is 4. The van der Waals surface area contributed by atoms with Crippen LogP contribution in [0.15, 0.2) is 36.4 Å². The highest BCUT2D eigenvalue weighted by Crippen LogP contribution is 2.30. The van der Waals surface area contributed by atoms with Crippen LogP contribution >= 0.6 is 0 Å². The number of halogens is 3. The molecule has 0 unspecified atom stereocenters. The van der Waals surface area contributed by atoms with Crippen LogP contribution in [0.5, 0.6) is 0 Å². The fourth-order valence-electron chi connectivity index (χ4n) is 2.85. The van der Waals surface area contributed by atoms with E-state index in [4.69, 9.17) is 11.5 Å². The van der Waals surface area contributed by atoms with Gasteiger partial charge in [-0.3, -0.25) is 4.68 Å². The molecule has 0 saturated heterocycles. The van der Waals surface area contributed by atoms with Gasteiger partial charge in [-0.05, 0) is 12.1 Å². The Balaban J connectivity index is 1.96. The van der Waals surface area contributed by atoms with Crippen molar-refractivity contribution >= 4 is 22.5 Å². The summed E-state index contributed by atoms with van der Waals surface area (Å²) in [4.78, 5) is 7.98. The van der Waals surface area contributed by atoms with Crippen LogP contribution < -0.4 is 11.5 Å². The Hall–Kier alpha value is -3.62. The minimum absolute atomic E-state index is 0.00830. The van der Waals surface area contributed by atoms with Crippen molar-refractivity contribution in [2.75, 3.05) is 11.5 Å². The van der Waals surface area contributed by atoms with Crippen molar-refractivity contribution < 1.29 is 13.2 Å². The fraction of sp³-hybridized carbons (Fsp3) is 0.0556. The maximum atomic E-state index is 14.5. The molecule has 135 valence electrons. The number of nitrogens with two attached hydrogens (primary N) is 2. The molecule has 0 fully saturated rings. The topological polar surface area (TPSA) is 95.6 Å². The highest BCUT2D eigenvalue weighted by Gasteiger charge is 2.20. The fourth-order valence-corrected chi connectivity index (χ4v) is 2.85. The summed E-state index contributed by atoms with van der Waals surface area (Å²) in [6, 6.07) is 10.4. The van der Waals surface area contributed by atoms with Gasteiger partial charge in [0.1, 0.15) is 34.5 Å². The number of nitrogen functional groups attached to an aromatic ring is 2. The molecule has 0 aliphatic rings. The largest absolute Gasteiger partial charge is 0.383 e. The number of hydrogen-bond donors (Lipinski definition) is 2. The summed E-state index contributed by atoms with van der Waals surface area (Å²) in [5, 5.41) is 4.39. The lowest BCUT2D eigenvalue weighted by molar-refractivity contribution is 0.572. The molecule has 4 N–H and O–H groups in total. The lowest BCUT2D eigenvalue weighted by Crippen LogP contribution is -2.05. The van der Waals surface area contributed by atoms with Crippen LogP contribution in [0.4, 0.5) is 24.8 Å². The Morgan fingerprint density at radius 1 is 0.963 bits per heavy atom. The molecule has 27 heavy (non-hydrogen) atoms. The van der Waals surface area contributed by atoms with E-state index >= 15 is 0 Å². The van der Waals surface area contributed by atoms with E-state index in [0.717, 1.165) is 12.1 Å². The number of hydrogen-bond acceptors (Lipinski definition) is 5. The second-order valence-electron chi connectivity index (χ2n) is 5.82. The molecule has 2 aromatic heterocycles. The Morgan fingerprint density at radius 3 is 2.37 bits per heavy atom. The van der Waals surface area contributed by atoms with Crippen molar-refractivity contribution in [2.24, 2.45) is 0 Å². The first kappa shape index (κ1) is 16.8. The van der Waals surface area contributed by atoms with Gasteiger partial charge in [0.25, 0.3) is 0 Å². The van der Waals surface area contributed by atoms with Crippen LogP contribution in [-0.4, -0.2) is 19.7 Å². The van der Waals surface area contributed by atoms with Crippen molar-refractivity contribution in [1.29, 1.82) is 0 Å². The van der Waals surface area contributed by atoms with Crippen LogP contribution in [0.2, 0.25) is 0 Å². The monoisotopic (exact) mass is 369 g/mol. The third-order valence-electron chi connectivity index (χ3n) is 3.96. The van der Waals surface area contributed by atoms with Crippen molar-refractivity contribution in [3.63, 3.8) is 0 Å². The Bertz CT molecular complexity index is 1150. The molecule has 0 spiro atoms. The molecule has 0 atom stereocenters. The normalized spacial score (nSPS) is 11.2. The van der Waals surface area contributed by atoms with Gasteiger partial charge in [0, 0.05) is 17.0 Å². The maximum Gasteiger partial charge on any atom is 0.184 e. The van der Waals surface area contributed by atoms with Gasteiger partial charge < -0.3 is 11.5 Å². The quantitative estimate of drug-likeness (QED) is 0.579. The summed E-state index contributed by atoms with van der Waals surface area (Å²) in [7, 11) is 0. The minimum atomic E-state index is -0.844. The van der Waals surface area contributed by atoms with Crippen LogP contribution in [0.3, 0.4) is 0 Å². The van der Waals surface area contributed by atoms with Gasteiger partial charge in [0.05, 0.1) is 12.6 Å². The number of benzene rings is 2. The molecule has 6 nitrogen and oxygen atoms in total. The average Bonchev–Trinajstić information content (AvgIpc) is 2.94. The maximum absolute atomic E-state index is 14.5. The zero-order valence-corrected chi connectivity index (χ0v) is 13.7. The number of rotatable bonds is 3. The van der Waals surface area contributed by atoms with Crippen LogP contribution in [-0.2, 0) is 6.54 Å². The molecule has 4 rings (SSSR count). The molecule has 2 heterocycles. The average molecular weight is 369 g/mol. The first-order valence-corrected chi connectivity index (χ1v) is 7.84. The molecule has 0 saturated carbocycles. The van der Waals surface area contributed by atoms with Crippen LogP contribution in [0, 0.1) is 23.5 Å². The minimum Gasteiger partial charge on any atom is -0.383 e. The summed E-state index contributed by atoms with van der Waals surface area (Å²) in [6.45, 7) is -0.0738. The van der Waals surface area contributed by atoms with E-state index < -0.39 is 17.5 Å². The Morgan fingerprint density at radius 2 is 1.67 bits per heavy atom. The number of anilines is 2. The van der Waals surface area contributed by atoms with E-state index in [9.17, 15) is 13.2 Å². The van der Waals surface area contributed by atoms with E-state index in [1.807, 2.05) is 0 Å².